The first-order chi connectivity index (χ1) is 6.15. The highest BCUT2D eigenvalue weighted by Crippen LogP contribution is 2.20. The van der Waals surface area contributed by atoms with Crippen LogP contribution in [0, 0.1) is 5.82 Å². The van der Waals surface area contributed by atoms with Gasteiger partial charge in [0.1, 0.15) is 11.6 Å². The fourth-order valence-electron chi connectivity index (χ4n) is 1.08. The van der Waals surface area contributed by atoms with E-state index < -0.39 is 11.9 Å². The van der Waals surface area contributed by atoms with Crippen molar-refractivity contribution in [1.29, 1.82) is 0 Å². The van der Waals surface area contributed by atoms with Crippen LogP contribution in [0.3, 0.4) is 0 Å². The Morgan fingerprint density at radius 1 is 1.43 bits per heavy atom. The highest BCUT2D eigenvalue weighted by atomic mass is 35.5. The summed E-state index contributed by atoms with van der Waals surface area (Å²) in [5.41, 5.74) is 5.57. The lowest BCUT2D eigenvalue weighted by atomic mass is 10.1. The van der Waals surface area contributed by atoms with Crippen LogP contribution in [0.25, 0.3) is 0 Å². The number of aliphatic hydroxyl groups is 1. The second-order valence-electron chi connectivity index (χ2n) is 2.88. The van der Waals surface area contributed by atoms with E-state index in [9.17, 15) is 9.50 Å². The Morgan fingerprint density at radius 3 is 2.57 bits per heavy atom. The largest absolute Gasteiger partial charge is 0.508 e. The maximum Gasteiger partial charge on any atom is 0.130 e. The topological polar surface area (TPSA) is 66.5 Å². The van der Waals surface area contributed by atoms with E-state index in [2.05, 4.69) is 0 Å². The van der Waals surface area contributed by atoms with Gasteiger partial charge in [0.25, 0.3) is 0 Å². The first kappa shape index (κ1) is 13.2. The quantitative estimate of drug-likeness (QED) is 0.708. The first-order valence-electron chi connectivity index (χ1n) is 3.98. The highest BCUT2D eigenvalue weighted by molar-refractivity contribution is 5.85. The third-order valence-electron chi connectivity index (χ3n) is 1.79. The maximum atomic E-state index is 13.0. The second-order valence-corrected chi connectivity index (χ2v) is 2.88. The molecule has 0 bridgehead atoms. The first-order valence-corrected chi connectivity index (χ1v) is 3.98. The third kappa shape index (κ3) is 3.14. The summed E-state index contributed by atoms with van der Waals surface area (Å²) in [6, 6.07) is 3.52. The fraction of sp³-hybridized carbons (Fsp3) is 0.333. The smallest absolute Gasteiger partial charge is 0.130 e. The number of aromatic hydroxyl groups is 1. The Morgan fingerprint density at radius 2 is 2.07 bits per heavy atom. The molecule has 0 saturated heterocycles. The lowest BCUT2D eigenvalue weighted by Crippen LogP contribution is -2.27. The lowest BCUT2D eigenvalue weighted by Gasteiger charge is -2.10. The molecule has 0 radical (unpaired) electrons. The van der Waals surface area contributed by atoms with Crippen LogP contribution in [0.4, 0.5) is 4.39 Å². The molecule has 4 N–H and O–H groups in total. The van der Waals surface area contributed by atoms with E-state index in [1.807, 2.05) is 0 Å². The van der Waals surface area contributed by atoms with E-state index >= 15 is 0 Å². The van der Waals surface area contributed by atoms with Crippen LogP contribution in [0.2, 0.25) is 0 Å². The molecule has 5 heteroatoms. The minimum atomic E-state index is -0.539. The molecule has 14 heavy (non-hydrogen) atoms. The number of hydrogen-bond donors (Lipinski definition) is 3. The monoisotopic (exact) mass is 221 g/mol. The number of halogens is 2. The second kappa shape index (κ2) is 5.80. The SMILES string of the molecule is Cl.NC(CO)Cc1c(O)cccc1F. The minimum absolute atomic E-state index is 0. The van der Waals surface area contributed by atoms with Crippen molar-refractivity contribution in [2.24, 2.45) is 5.73 Å². The van der Waals surface area contributed by atoms with Gasteiger partial charge in [-0.15, -0.1) is 12.4 Å². The number of nitrogens with two attached hydrogens (primary N) is 1. The van der Waals surface area contributed by atoms with Gasteiger partial charge in [-0.25, -0.2) is 4.39 Å². The molecule has 3 nitrogen and oxygen atoms in total. The summed E-state index contributed by atoms with van der Waals surface area (Å²) in [6.07, 6.45) is 0.134. The summed E-state index contributed by atoms with van der Waals surface area (Å²) in [5.74, 6) is -0.618. The number of rotatable bonds is 3. The molecule has 1 atom stereocenters. The number of phenols is 1. The predicted octanol–water partition coefficient (Wildman–Crippen LogP) is 0.815. The summed E-state index contributed by atoms with van der Waals surface area (Å²) in [6.45, 7) is -0.228. The number of hydrogen-bond acceptors (Lipinski definition) is 3. The van der Waals surface area contributed by atoms with Gasteiger partial charge in [-0.1, -0.05) is 6.07 Å². The van der Waals surface area contributed by atoms with Crippen molar-refractivity contribution in [2.45, 2.75) is 12.5 Å². The molecule has 0 fully saturated rings. The maximum absolute atomic E-state index is 13.0. The van der Waals surface area contributed by atoms with Crippen molar-refractivity contribution >= 4 is 12.4 Å². The van der Waals surface area contributed by atoms with Crippen molar-refractivity contribution in [2.75, 3.05) is 6.61 Å². The van der Waals surface area contributed by atoms with Gasteiger partial charge in [0, 0.05) is 11.6 Å². The summed E-state index contributed by atoms with van der Waals surface area (Å²) in [7, 11) is 0. The Balaban J connectivity index is 0.00000169. The molecule has 0 spiro atoms. The van der Waals surface area contributed by atoms with E-state index in [4.69, 9.17) is 10.8 Å². The Bertz CT molecular complexity index is 276. The van der Waals surface area contributed by atoms with Crippen molar-refractivity contribution in [3.8, 4) is 5.75 Å². The van der Waals surface area contributed by atoms with E-state index in [1.165, 1.54) is 18.2 Å². The summed E-state index contributed by atoms with van der Waals surface area (Å²) < 4.78 is 13.0. The molecular formula is C9H13ClFNO2. The van der Waals surface area contributed by atoms with Crippen molar-refractivity contribution in [3.63, 3.8) is 0 Å². The van der Waals surface area contributed by atoms with Gasteiger partial charge < -0.3 is 15.9 Å². The molecule has 80 valence electrons. The standard InChI is InChI=1S/C9H12FNO2.ClH/c10-8-2-1-3-9(13)7(8)4-6(11)5-12;/h1-3,6,12-13H,4-5,11H2;1H. The number of aliphatic hydroxyl groups excluding tert-OH is 1. The van der Waals surface area contributed by atoms with Gasteiger partial charge >= 0.3 is 0 Å². The number of benzene rings is 1. The summed E-state index contributed by atoms with van der Waals surface area (Å²) in [4.78, 5) is 0. The molecule has 0 aromatic heterocycles. The van der Waals surface area contributed by atoms with Gasteiger partial charge in [0.15, 0.2) is 0 Å². The van der Waals surface area contributed by atoms with Crippen molar-refractivity contribution in [3.05, 3.63) is 29.6 Å². The average molecular weight is 222 g/mol. The summed E-state index contributed by atoms with van der Waals surface area (Å²) >= 11 is 0. The molecule has 1 unspecified atom stereocenters. The van der Waals surface area contributed by atoms with Crippen LogP contribution in [-0.4, -0.2) is 22.9 Å². The van der Waals surface area contributed by atoms with Gasteiger partial charge in [0.2, 0.25) is 0 Å². The third-order valence-corrected chi connectivity index (χ3v) is 1.79. The van der Waals surface area contributed by atoms with Crippen LogP contribution >= 0.6 is 12.4 Å². The normalized spacial score (nSPS) is 11.9. The van der Waals surface area contributed by atoms with Crippen LogP contribution in [0.5, 0.6) is 5.75 Å². The van der Waals surface area contributed by atoms with Crippen molar-refractivity contribution < 1.29 is 14.6 Å². The lowest BCUT2D eigenvalue weighted by molar-refractivity contribution is 0.263. The molecule has 0 aliphatic carbocycles. The van der Waals surface area contributed by atoms with Crippen LogP contribution in [-0.2, 0) is 6.42 Å². The van der Waals surface area contributed by atoms with Gasteiger partial charge in [0.05, 0.1) is 6.61 Å². The Labute approximate surface area is 87.8 Å². The van der Waals surface area contributed by atoms with Crippen molar-refractivity contribution in [1.82, 2.24) is 0 Å². The molecule has 0 saturated carbocycles. The highest BCUT2D eigenvalue weighted by Gasteiger charge is 2.11. The van der Waals surface area contributed by atoms with E-state index in [-0.39, 0.29) is 36.7 Å². The average Bonchev–Trinajstić information content (AvgIpc) is 2.11. The zero-order valence-electron chi connectivity index (χ0n) is 7.48. The molecule has 1 aromatic carbocycles. The molecule has 0 aliphatic heterocycles. The Hall–Kier alpha value is -0.840. The van der Waals surface area contributed by atoms with E-state index in [0.29, 0.717) is 0 Å². The zero-order valence-corrected chi connectivity index (χ0v) is 8.30. The van der Waals surface area contributed by atoms with E-state index in [0.717, 1.165) is 0 Å². The summed E-state index contributed by atoms with van der Waals surface area (Å²) in [5, 5.41) is 17.9. The van der Waals surface area contributed by atoms with Crippen LogP contribution in [0.1, 0.15) is 5.56 Å². The zero-order chi connectivity index (χ0) is 9.84. The molecular weight excluding hydrogens is 209 g/mol. The molecule has 0 heterocycles. The van der Waals surface area contributed by atoms with E-state index in [1.54, 1.807) is 0 Å². The fourth-order valence-corrected chi connectivity index (χ4v) is 1.08. The number of phenolic OH excluding ortho intramolecular Hbond substituents is 1. The molecule has 0 aliphatic rings. The van der Waals surface area contributed by atoms with Crippen LogP contribution in [0.15, 0.2) is 18.2 Å². The van der Waals surface area contributed by atoms with Gasteiger partial charge in [-0.05, 0) is 18.6 Å². The van der Waals surface area contributed by atoms with Gasteiger partial charge in [-0.2, -0.15) is 0 Å². The minimum Gasteiger partial charge on any atom is -0.508 e. The Kier molecular flexibility index (Phi) is 5.45. The molecule has 0 amide bonds. The van der Waals surface area contributed by atoms with Gasteiger partial charge in [-0.3, -0.25) is 0 Å². The van der Waals surface area contributed by atoms with Crippen LogP contribution < -0.4 is 5.73 Å². The molecule has 1 aromatic rings. The molecule has 1 rings (SSSR count). The predicted molar refractivity (Wildman–Crippen MR) is 54.1 cm³/mol.